The van der Waals surface area contributed by atoms with Crippen LogP contribution >= 0.6 is 0 Å². The van der Waals surface area contributed by atoms with Crippen LogP contribution in [0.1, 0.15) is 18.1 Å². The number of rotatable bonds is 5. The average Bonchev–Trinajstić information content (AvgIpc) is 2.47. The van der Waals surface area contributed by atoms with E-state index in [1.165, 1.54) is 6.20 Å². The first-order valence-corrected chi connectivity index (χ1v) is 6.00. The van der Waals surface area contributed by atoms with Gasteiger partial charge in [0, 0.05) is 24.5 Å². The highest BCUT2D eigenvalue weighted by Gasteiger charge is 2.04. The lowest BCUT2D eigenvalue weighted by Crippen LogP contribution is -2.05. The van der Waals surface area contributed by atoms with E-state index in [-0.39, 0.29) is 0 Å². The molecule has 0 aromatic carbocycles. The number of nitrogens with zero attached hydrogens (tertiary/aromatic N) is 3. The van der Waals surface area contributed by atoms with E-state index in [4.69, 9.17) is 10.00 Å². The molecule has 0 aliphatic carbocycles. The summed E-state index contributed by atoms with van der Waals surface area (Å²) < 4.78 is 5.45. The molecular weight excluding hydrogens is 240 g/mol. The zero-order valence-corrected chi connectivity index (χ0v) is 10.6. The molecule has 2 rings (SSSR count). The SMILES string of the molecule is CCOc1ncccc1CNc1ccc(C#N)cn1. The van der Waals surface area contributed by atoms with Crippen molar-refractivity contribution in [3.8, 4) is 11.9 Å². The molecule has 2 aromatic rings. The Hall–Kier alpha value is -2.61. The monoisotopic (exact) mass is 254 g/mol. The van der Waals surface area contributed by atoms with Gasteiger partial charge in [-0.15, -0.1) is 0 Å². The third-order valence-corrected chi connectivity index (χ3v) is 2.48. The number of nitriles is 1. The van der Waals surface area contributed by atoms with Crippen molar-refractivity contribution >= 4 is 5.82 Å². The molecule has 1 N–H and O–H groups in total. The Bertz CT molecular complexity index is 575. The fourth-order valence-electron chi connectivity index (χ4n) is 1.58. The zero-order chi connectivity index (χ0) is 13.5. The summed E-state index contributed by atoms with van der Waals surface area (Å²) in [5, 5.41) is 11.9. The predicted molar refractivity (Wildman–Crippen MR) is 71.7 cm³/mol. The number of hydrogen-bond donors (Lipinski definition) is 1. The lowest BCUT2D eigenvalue weighted by Gasteiger charge is -2.09. The molecule has 0 bridgehead atoms. The summed E-state index contributed by atoms with van der Waals surface area (Å²) in [7, 11) is 0. The number of aromatic nitrogens is 2. The molecule has 0 saturated carbocycles. The fraction of sp³-hybridized carbons (Fsp3) is 0.214. The van der Waals surface area contributed by atoms with Gasteiger partial charge < -0.3 is 10.1 Å². The first kappa shape index (κ1) is 12.8. The number of hydrogen-bond acceptors (Lipinski definition) is 5. The Morgan fingerprint density at radius 2 is 2.21 bits per heavy atom. The number of pyridine rings is 2. The molecule has 0 spiro atoms. The standard InChI is InChI=1S/C14H14N4O/c1-2-19-14-12(4-3-7-16-14)10-18-13-6-5-11(8-15)9-17-13/h3-7,9H,2,10H2,1H3,(H,17,18). The minimum Gasteiger partial charge on any atom is -0.478 e. The number of nitrogens with one attached hydrogen (secondary N) is 1. The Labute approximate surface area is 111 Å². The Morgan fingerprint density at radius 3 is 2.89 bits per heavy atom. The Balaban J connectivity index is 2.03. The highest BCUT2D eigenvalue weighted by molar-refractivity contribution is 5.40. The summed E-state index contributed by atoms with van der Waals surface area (Å²) in [4.78, 5) is 8.33. The van der Waals surface area contributed by atoms with Crippen LogP contribution in [0.3, 0.4) is 0 Å². The van der Waals surface area contributed by atoms with E-state index < -0.39 is 0 Å². The molecule has 19 heavy (non-hydrogen) atoms. The molecule has 0 amide bonds. The summed E-state index contributed by atoms with van der Waals surface area (Å²) >= 11 is 0. The van der Waals surface area contributed by atoms with Gasteiger partial charge in [0.2, 0.25) is 5.88 Å². The average molecular weight is 254 g/mol. The molecule has 0 aliphatic heterocycles. The van der Waals surface area contributed by atoms with E-state index in [9.17, 15) is 0 Å². The topological polar surface area (TPSA) is 70.8 Å². The second kappa shape index (κ2) is 6.36. The van der Waals surface area contributed by atoms with Crippen LogP contribution in [0.25, 0.3) is 0 Å². The van der Waals surface area contributed by atoms with Crippen LogP contribution in [0, 0.1) is 11.3 Å². The quantitative estimate of drug-likeness (QED) is 0.886. The van der Waals surface area contributed by atoms with Gasteiger partial charge in [-0.25, -0.2) is 9.97 Å². The van der Waals surface area contributed by atoms with Crippen LogP contribution in [0.15, 0.2) is 36.7 Å². The van der Waals surface area contributed by atoms with E-state index in [1.807, 2.05) is 25.1 Å². The van der Waals surface area contributed by atoms with Crippen molar-refractivity contribution in [3.05, 3.63) is 47.8 Å². The molecule has 96 valence electrons. The van der Waals surface area contributed by atoms with Crippen LogP contribution in [0.5, 0.6) is 5.88 Å². The summed E-state index contributed by atoms with van der Waals surface area (Å²) in [5.41, 5.74) is 1.51. The summed E-state index contributed by atoms with van der Waals surface area (Å²) in [6.07, 6.45) is 3.24. The molecule has 2 heterocycles. The summed E-state index contributed by atoms with van der Waals surface area (Å²) in [6, 6.07) is 9.35. The molecule has 0 aliphatic rings. The van der Waals surface area contributed by atoms with Gasteiger partial charge in [0.15, 0.2) is 0 Å². The fourth-order valence-corrected chi connectivity index (χ4v) is 1.58. The Morgan fingerprint density at radius 1 is 1.32 bits per heavy atom. The van der Waals surface area contributed by atoms with E-state index in [2.05, 4.69) is 15.3 Å². The van der Waals surface area contributed by atoms with Gasteiger partial charge in [-0.1, -0.05) is 6.07 Å². The minimum absolute atomic E-state index is 0.543. The van der Waals surface area contributed by atoms with Gasteiger partial charge in [0.25, 0.3) is 0 Å². The van der Waals surface area contributed by atoms with E-state index in [0.717, 1.165) is 5.56 Å². The third-order valence-electron chi connectivity index (χ3n) is 2.48. The van der Waals surface area contributed by atoms with Gasteiger partial charge in [-0.05, 0) is 25.1 Å². The predicted octanol–water partition coefficient (Wildman–Crippen LogP) is 2.36. The normalized spacial score (nSPS) is 9.68. The molecule has 0 unspecified atom stereocenters. The van der Waals surface area contributed by atoms with Crippen molar-refractivity contribution in [2.45, 2.75) is 13.5 Å². The largest absolute Gasteiger partial charge is 0.478 e. The maximum absolute atomic E-state index is 8.70. The molecule has 2 aromatic heterocycles. The van der Waals surface area contributed by atoms with Crippen LogP contribution in [0.2, 0.25) is 0 Å². The van der Waals surface area contributed by atoms with Crippen LogP contribution in [-0.4, -0.2) is 16.6 Å². The number of anilines is 1. The first-order valence-electron chi connectivity index (χ1n) is 6.00. The van der Waals surface area contributed by atoms with Crippen LogP contribution in [-0.2, 0) is 6.54 Å². The summed E-state index contributed by atoms with van der Waals surface area (Å²) in [5.74, 6) is 1.34. The first-order chi connectivity index (χ1) is 9.33. The maximum atomic E-state index is 8.70. The third kappa shape index (κ3) is 3.42. The van der Waals surface area contributed by atoms with Gasteiger partial charge in [0.05, 0.1) is 12.2 Å². The van der Waals surface area contributed by atoms with E-state index in [1.54, 1.807) is 18.3 Å². The lowest BCUT2D eigenvalue weighted by atomic mass is 10.2. The van der Waals surface area contributed by atoms with Crippen LogP contribution in [0.4, 0.5) is 5.82 Å². The van der Waals surface area contributed by atoms with Gasteiger partial charge >= 0.3 is 0 Å². The second-order valence-corrected chi connectivity index (χ2v) is 3.80. The highest BCUT2D eigenvalue weighted by atomic mass is 16.5. The molecule has 0 fully saturated rings. The molecule has 0 radical (unpaired) electrons. The van der Waals surface area contributed by atoms with Crippen molar-refractivity contribution in [3.63, 3.8) is 0 Å². The molecule has 0 atom stereocenters. The van der Waals surface area contributed by atoms with Crippen LogP contribution < -0.4 is 10.1 Å². The molecule has 0 saturated heterocycles. The van der Waals surface area contributed by atoms with Gasteiger partial charge in [-0.3, -0.25) is 0 Å². The molecule has 5 nitrogen and oxygen atoms in total. The summed E-state index contributed by atoms with van der Waals surface area (Å²) in [6.45, 7) is 3.08. The zero-order valence-electron chi connectivity index (χ0n) is 10.6. The highest BCUT2D eigenvalue weighted by Crippen LogP contribution is 2.15. The van der Waals surface area contributed by atoms with Gasteiger partial charge in [-0.2, -0.15) is 5.26 Å². The molecular formula is C14H14N4O. The number of ether oxygens (including phenoxy) is 1. The minimum atomic E-state index is 0.543. The van der Waals surface area contributed by atoms with E-state index >= 15 is 0 Å². The van der Waals surface area contributed by atoms with Crippen molar-refractivity contribution in [2.24, 2.45) is 0 Å². The van der Waals surface area contributed by atoms with E-state index in [0.29, 0.717) is 30.4 Å². The van der Waals surface area contributed by atoms with Crippen molar-refractivity contribution in [1.82, 2.24) is 9.97 Å². The molecule has 5 heteroatoms. The Kier molecular flexibility index (Phi) is 4.29. The van der Waals surface area contributed by atoms with Crippen molar-refractivity contribution in [2.75, 3.05) is 11.9 Å². The smallest absolute Gasteiger partial charge is 0.218 e. The lowest BCUT2D eigenvalue weighted by molar-refractivity contribution is 0.323. The maximum Gasteiger partial charge on any atom is 0.218 e. The van der Waals surface area contributed by atoms with Crippen molar-refractivity contribution < 1.29 is 4.74 Å². The van der Waals surface area contributed by atoms with Crippen molar-refractivity contribution in [1.29, 1.82) is 5.26 Å². The second-order valence-electron chi connectivity index (χ2n) is 3.80. The van der Waals surface area contributed by atoms with Gasteiger partial charge in [0.1, 0.15) is 11.9 Å².